The van der Waals surface area contributed by atoms with Crippen LogP contribution < -0.4 is 5.32 Å². The molecule has 2 bridgehead atoms. The molecule has 3 aliphatic carbocycles. The van der Waals surface area contributed by atoms with Crippen LogP contribution >= 0.6 is 0 Å². The Hall–Kier alpha value is -3.17. The fourth-order valence-corrected chi connectivity index (χ4v) is 5.37. The van der Waals surface area contributed by atoms with E-state index in [1.54, 1.807) is 7.05 Å². The molecule has 3 aliphatic rings. The number of carbonyl (C=O) groups is 1. The number of esters is 1. The lowest BCUT2D eigenvalue weighted by molar-refractivity contribution is -0.149. The zero-order chi connectivity index (χ0) is 22.4. The summed E-state index contributed by atoms with van der Waals surface area (Å²) in [5.41, 5.74) is 0.778. The van der Waals surface area contributed by atoms with Crippen LogP contribution in [-0.4, -0.2) is 43.9 Å². The number of ether oxygens (including phenoxy) is 1. The van der Waals surface area contributed by atoms with Crippen molar-refractivity contribution in [3.63, 3.8) is 0 Å². The van der Waals surface area contributed by atoms with E-state index in [1.165, 1.54) is 17.9 Å². The second kappa shape index (κ2) is 8.07. The molecule has 3 aromatic rings. The quantitative estimate of drug-likeness (QED) is 0.618. The van der Waals surface area contributed by atoms with Gasteiger partial charge in [0.05, 0.1) is 30.8 Å². The van der Waals surface area contributed by atoms with Crippen molar-refractivity contribution in [2.75, 3.05) is 12.4 Å². The number of aryl methyl sites for hydroxylation is 1. The van der Waals surface area contributed by atoms with Crippen molar-refractivity contribution in [3.05, 3.63) is 30.1 Å². The number of hydrogen-bond donors (Lipinski definition) is 1. The van der Waals surface area contributed by atoms with Gasteiger partial charge in [-0.1, -0.05) is 6.42 Å². The number of hydrogen-bond acceptors (Lipinski definition) is 7. The number of nitrogens with one attached hydrogen (secondary N) is 1. The summed E-state index contributed by atoms with van der Waals surface area (Å²) in [5.74, 6) is -1.17. The van der Waals surface area contributed by atoms with Crippen molar-refractivity contribution in [1.82, 2.24) is 24.7 Å². The molecule has 4 atom stereocenters. The Morgan fingerprint density at radius 3 is 2.75 bits per heavy atom. The van der Waals surface area contributed by atoms with Gasteiger partial charge < -0.3 is 10.1 Å². The van der Waals surface area contributed by atoms with Crippen LogP contribution in [0.1, 0.15) is 32.1 Å². The third-order valence-corrected chi connectivity index (χ3v) is 6.84. The Balaban J connectivity index is 1.54. The number of aromatic nitrogens is 5. The summed E-state index contributed by atoms with van der Waals surface area (Å²) < 4.78 is 35.2. The van der Waals surface area contributed by atoms with E-state index >= 15 is 0 Å². The average molecular weight is 442 g/mol. The van der Waals surface area contributed by atoms with Crippen LogP contribution in [0.5, 0.6) is 0 Å². The summed E-state index contributed by atoms with van der Waals surface area (Å²) in [6, 6.07) is 1.03. The average Bonchev–Trinajstić information content (AvgIpc) is 2.93. The summed E-state index contributed by atoms with van der Waals surface area (Å²) in [7, 11) is 3.07. The molecule has 0 spiro atoms. The molecule has 3 unspecified atom stereocenters. The highest BCUT2D eigenvalue weighted by Gasteiger charge is 2.46. The van der Waals surface area contributed by atoms with Gasteiger partial charge in [-0.3, -0.25) is 4.79 Å². The predicted molar refractivity (Wildman–Crippen MR) is 112 cm³/mol. The monoisotopic (exact) mass is 442 g/mol. The Morgan fingerprint density at radius 1 is 1.16 bits per heavy atom. The van der Waals surface area contributed by atoms with E-state index in [1.807, 2.05) is 0 Å². The van der Waals surface area contributed by atoms with E-state index in [0.717, 1.165) is 44.5 Å². The van der Waals surface area contributed by atoms with Crippen molar-refractivity contribution in [1.29, 1.82) is 0 Å². The normalized spacial score (nSPS) is 25.0. The number of carbonyl (C=O) groups excluding carboxylic acids is 1. The van der Waals surface area contributed by atoms with Gasteiger partial charge >= 0.3 is 5.97 Å². The van der Waals surface area contributed by atoms with Gasteiger partial charge in [-0.2, -0.15) is 5.10 Å². The summed E-state index contributed by atoms with van der Waals surface area (Å²) >= 11 is 0. The first-order chi connectivity index (χ1) is 15.5. The number of halogens is 2. The van der Waals surface area contributed by atoms with Crippen molar-refractivity contribution >= 4 is 22.8 Å². The molecule has 0 radical (unpaired) electrons. The lowest BCUT2D eigenvalue weighted by Gasteiger charge is -2.39. The van der Waals surface area contributed by atoms with E-state index < -0.39 is 11.6 Å². The third kappa shape index (κ3) is 3.47. The molecule has 0 aliphatic heterocycles. The van der Waals surface area contributed by atoms with Crippen LogP contribution in [-0.2, 0) is 16.6 Å². The molecule has 0 amide bonds. The largest absolute Gasteiger partial charge is 0.469 e. The summed E-state index contributed by atoms with van der Waals surface area (Å²) in [6.45, 7) is 0. The van der Waals surface area contributed by atoms with Crippen molar-refractivity contribution in [2.24, 2.45) is 24.8 Å². The van der Waals surface area contributed by atoms with E-state index in [4.69, 9.17) is 4.74 Å². The van der Waals surface area contributed by atoms with Gasteiger partial charge in [0.1, 0.15) is 11.5 Å². The van der Waals surface area contributed by atoms with Crippen LogP contribution in [0, 0.1) is 29.4 Å². The minimum atomic E-state index is -0.623. The second-order valence-corrected chi connectivity index (χ2v) is 8.63. The molecule has 3 saturated carbocycles. The lowest BCUT2D eigenvalue weighted by Crippen LogP contribution is -2.47. The maximum absolute atomic E-state index is 14.8. The highest BCUT2D eigenvalue weighted by molar-refractivity contribution is 5.89. The number of nitrogens with zero attached hydrogens (tertiary/aromatic N) is 5. The highest BCUT2D eigenvalue weighted by Crippen LogP contribution is 2.45. The van der Waals surface area contributed by atoms with Gasteiger partial charge in [-0.15, -0.1) is 0 Å². The Kier molecular flexibility index (Phi) is 5.22. The molecule has 3 heterocycles. The molecule has 3 aromatic heterocycles. The van der Waals surface area contributed by atoms with Crippen LogP contribution in [0.2, 0.25) is 0 Å². The molecule has 10 heteroatoms. The number of anilines is 1. The molecule has 0 saturated heterocycles. The van der Waals surface area contributed by atoms with Crippen molar-refractivity contribution in [3.8, 4) is 11.5 Å². The van der Waals surface area contributed by atoms with Gasteiger partial charge in [-0.05, 0) is 43.6 Å². The molecule has 0 aromatic carbocycles. The molecule has 1 N–H and O–H groups in total. The molecule has 6 rings (SSSR count). The standard InChI is InChI=1S/C22H24F2N6O2/c1-30-21-14(8-13(23)9-26-21)18(29-30)20-25-10-15(24)19(28-20)27-17-12-5-3-4-11(6-7-12)16(17)22(31)32-2/h8-12,16-17H,3-7H2,1-2H3,(H,25,27,28)/t11?,12?,16-,17?/m0/s1. The fourth-order valence-electron chi connectivity index (χ4n) is 5.37. The smallest absolute Gasteiger partial charge is 0.311 e. The molecule has 8 nitrogen and oxygen atoms in total. The lowest BCUT2D eigenvalue weighted by atomic mass is 9.71. The Morgan fingerprint density at radius 2 is 1.94 bits per heavy atom. The maximum atomic E-state index is 14.8. The summed E-state index contributed by atoms with van der Waals surface area (Å²) in [4.78, 5) is 25.2. The first-order valence-electron chi connectivity index (χ1n) is 10.8. The van der Waals surface area contributed by atoms with Crippen LogP contribution in [0.25, 0.3) is 22.6 Å². The van der Waals surface area contributed by atoms with Gasteiger partial charge in [-0.25, -0.2) is 28.4 Å². The Bertz CT molecular complexity index is 1180. The van der Waals surface area contributed by atoms with E-state index in [2.05, 4.69) is 25.4 Å². The van der Waals surface area contributed by atoms with Crippen LogP contribution in [0.3, 0.4) is 0 Å². The van der Waals surface area contributed by atoms with Gasteiger partial charge in [0.15, 0.2) is 23.1 Å². The third-order valence-electron chi connectivity index (χ3n) is 6.84. The second-order valence-electron chi connectivity index (χ2n) is 8.63. The number of fused-ring (bicyclic) bond motifs is 5. The van der Waals surface area contributed by atoms with Crippen LogP contribution in [0.4, 0.5) is 14.6 Å². The number of methoxy groups -OCH3 is 1. The predicted octanol–water partition coefficient (Wildman–Crippen LogP) is 3.48. The fraction of sp³-hybridized carbons (Fsp3) is 0.500. The number of rotatable bonds is 4. The van der Waals surface area contributed by atoms with Gasteiger partial charge in [0.25, 0.3) is 0 Å². The van der Waals surface area contributed by atoms with E-state index in [-0.39, 0.29) is 41.4 Å². The van der Waals surface area contributed by atoms with Crippen molar-refractivity contribution in [2.45, 2.75) is 38.1 Å². The topological polar surface area (TPSA) is 94.8 Å². The SMILES string of the molecule is COC(=O)[C@H]1C2CCCC(CC2)C1Nc1nc(-c2nn(C)c3ncc(F)cc23)ncc1F. The van der Waals surface area contributed by atoms with E-state index in [9.17, 15) is 13.6 Å². The number of pyridine rings is 1. The molecular formula is C22H24F2N6O2. The summed E-state index contributed by atoms with van der Waals surface area (Å²) in [6.07, 6.45) is 7.10. The van der Waals surface area contributed by atoms with Crippen molar-refractivity contribution < 1.29 is 18.3 Å². The zero-order valence-electron chi connectivity index (χ0n) is 17.9. The Labute approximate surface area is 183 Å². The zero-order valence-corrected chi connectivity index (χ0v) is 17.9. The molecular weight excluding hydrogens is 418 g/mol. The molecule has 32 heavy (non-hydrogen) atoms. The molecule has 168 valence electrons. The van der Waals surface area contributed by atoms with Gasteiger partial charge in [0, 0.05) is 13.1 Å². The minimum Gasteiger partial charge on any atom is -0.469 e. The minimum absolute atomic E-state index is 0.00428. The van der Waals surface area contributed by atoms with Crippen LogP contribution in [0.15, 0.2) is 18.5 Å². The maximum Gasteiger partial charge on any atom is 0.311 e. The first kappa shape index (κ1) is 20.7. The first-order valence-corrected chi connectivity index (χ1v) is 10.8. The highest BCUT2D eigenvalue weighted by atomic mass is 19.1. The van der Waals surface area contributed by atoms with Gasteiger partial charge in [0.2, 0.25) is 0 Å². The summed E-state index contributed by atoms with van der Waals surface area (Å²) in [5, 5.41) is 8.01. The molecule has 3 fully saturated rings. The van der Waals surface area contributed by atoms with E-state index in [0.29, 0.717) is 16.7 Å².